The molecule has 0 aliphatic carbocycles. The molecule has 4 heteroatoms. The highest BCUT2D eigenvalue weighted by atomic mass is 32.2. The van der Waals surface area contributed by atoms with Crippen molar-refractivity contribution in [1.29, 1.82) is 0 Å². The molecule has 0 aliphatic rings. The molecule has 0 fully saturated rings. The number of hydrogen-bond acceptors (Lipinski definition) is 4. The predicted octanol–water partition coefficient (Wildman–Crippen LogP) is 3.33. The van der Waals surface area contributed by atoms with Crippen molar-refractivity contribution in [2.75, 3.05) is 7.11 Å². The average molecular weight is 259 g/mol. The van der Waals surface area contributed by atoms with Crippen LogP contribution in [-0.4, -0.2) is 18.1 Å². The van der Waals surface area contributed by atoms with E-state index in [1.165, 1.54) is 7.11 Å². The van der Waals surface area contributed by atoms with Crippen LogP contribution in [0.25, 0.3) is 0 Å². The van der Waals surface area contributed by atoms with Crippen molar-refractivity contribution in [3.05, 3.63) is 53.7 Å². The Hall–Kier alpha value is -1.81. The fraction of sp³-hybridized carbons (Fsp3) is 0.143. The van der Waals surface area contributed by atoms with Crippen molar-refractivity contribution in [3.63, 3.8) is 0 Å². The van der Waals surface area contributed by atoms with Gasteiger partial charge in [0.05, 0.1) is 12.7 Å². The van der Waals surface area contributed by atoms with Crippen LogP contribution >= 0.6 is 11.8 Å². The number of carbonyl (C=O) groups excluding carboxylic acids is 1. The largest absolute Gasteiger partial charge is 0.465 e. The molecule has 92 valence electrons. The van der Waals surface area contributed by atoms with Gasteiger partial charge in [-0.2, -0.15) is 0 Å². The van der Waals surface area contributed by atoms with Gasteiger partial charge >= 0.3 is 5.97 Å². The normalized spacial score (nSPS) is 10.1. The van der Waals surface area contributed by atoms with Crippen molar-refractivity contribution in [2.24, 2.45) is 0 Å². The Morgan fingerprint density at radius 3 is 2.61 bits per heavy atom. The highest BCUT2D eigenvalue weighted by Crippen LogP contribution is 2.28. The van der Waals surface area contributed by atoms with Gasteiger partial charge in [0.15, 0.2) is 0 Å². The van der Waals surface area contributed by atoms with Gasteiger partial charge in [-0.3, -0.25) is 0 Å². The van der Waals surface area contributed by atoms with Crippen molar-refractivity contribution < 1.29 is 9.53 Å². The smallest absolute Gasteiger partial charge is 0.339 e. The quantitative estimate of drug-likeness (QED) is 0.793. The standard InChI is InChI=1S/C14H13NO2S/c1-10-8-11(14(16)17-2)9-15-13(10)18-12-6-4-3-5-7-12/h3-9H,1-2H3. The Kier molecular flexibility index (Phi) is 3.99. The number of benzene rings is 1. The van der Waals surface area contributed by atoms with Crippen LogP contribution in [-0.2, 0) is 4.74 Å². The van der Waals surface area contributed by atoms with Crippen LogP contribution in [0.4, 0.5) is 0 Å². The lowest BCUT2D eigenvalue weighted by atomic mass is 10.2. The van der Waals surface area contributed by atoms with Gasteiger partial charge in [0, 0.05) is 11.1 Å². The van der Waals surface area contributed by atoms with E-state index in [1.807, 2.05) is 37.3 Å². The first-order chi connectivity index (χ1) is 8.70. The van der Waals surface area contributed by atoms with Gasteiger partial charge in [-0.05, 0) is 30.7 Å². The SMILES string of the molecule is COC(=O)c1cnc(Sc2ccccc2)c(C)c1. The molecule has 2 rings (SSSR count). The van der Waals surface area contributed by atoms with Crippen LogP contribution in [0.5, 0.6) is 0 Å². The highest BCUT2D eigenvalue weighted by Gasteiger charge is 2.09. The molecular formula is C14H13NO2S. The Morgan fingerprint density at radius 2 is 2.00 bits per heavy atom. The molecule has 0 unspecified atom stereocenters. The minimum atomic E-state index is -0.359. The monoisotopic (exact) mass is 259 g/mol. The van der Waals surface area contributed by atoms with Gasteiger partial charge in [0.2, 0.25) is 0 Å². The van der Waals surface area contributed by atoms with Crippen molar-refractivity contribution in [2.45, 2.75) is 16.8 Å². The highest BCUT2D eigenvalue weighted by molar-refractivity contribution is 7.99. The molecule has 1 aromatic heterocycles. The third kappa shape index (κ3) is 2.90. The summed E-state index contributed by atoms with van der Waals surface area (Å²) >= 11 is 1.58. The zero-order chi connectivity index (χ0) is 13.0. The summed E-state index contributed by atoms with van der Waals surface area (Å²) in [5.74, 6) is -0.359. The number of rotatable bonds is 3. The molecule has 0 saturated carbocycles. The van der Waals surface area contributed by atoms with E-state index in [9.17, 15) is 4.79 Å². The lowest BCUT2D eigenvalue weighted by Crippen LogP contribution is -2.02. The van der Waals surface area contributed by atoms with Crippen LogP contribution in [0, 0.1) is 6.92 Å². The molecule has 3 nitrogen and oxygen atoms in total. The van der Waals surface area contributed by atoms with E-state index in [0.717, 1.165) is 15.5 Å². The summed E-state index contributed by atoms with van der Waals surface area (Å²) in [7, 11) is 1.37. The fourth-order valence-corrected chi connectivity index (χ4v) is 2.34. The Morgan fingerprint density at radius 1 is 1.28 bits per heavy atom. The van der Waals surface area contributed by atoms with E-state index in [1.54, 1.807) is 24.0 Å². The Bertz CT molecular complexity index is 555. The number of pyridine rings is 1. The summed E-state index contributed by atoms with van der Waals surface area (Å²) in [5, 5.41) is 0.897. The summed E-state index contributed by atoms with van der Waals surface area (Å²) in [6, 6.07) is 11.8. The summed E-state index contributed by atoms with van der Waals surface area (Å²) in [6.45, 7) is 1.94. The van der Waals surface area contributed by atoms with Gasteiger partial charge in [-0.25, -0.2) is 9.78 Å². The molecule has 0 radical (unpaired) electrons. The van der Waals surface area contributed by atoms with Gasteiger partial charge in [0.1, 0.15) is 5.03 Å². The molecule has 1 aromatic carbocycles. The van der Waals surface area contributed by atoms with Gasteiger partial charge in [0.25, 0.3) is 0 Å². The van der Waals surface area contributed by atoms with Crippen molar-refractivity contribution in [3.8, 4) is 0 Å². The number of esters is 1. The molecule has 0 amide bonds. The number of ether oxygens (including phenoxy) is 1. The topological polar surface area (TPSA) is 39.2 Å². The third-order valence-electron chi connectivity index (χ3n) is 2.41. The minimum absolute atomic E-state index is 0.359. The van der Waals surface area contributed by atoms with E-state index in [-0.39, 0.29) is 5.97 Å². The average Bonchev–Trinajstić information content (AvgIpc) is 2.41. The molecule has 0 N–H and O–H groups in total. The van der Waals surface area contributed by atoms with Crippen LogP contribution in [0.3, 0.4) is 0 Å². The molecule has 18 heavy (non-hydrogen) atoms. The second kappa shape index (κ2) is 5.69. The van der Waals surface area contributed by atoms with E-state index >= 15 is 0 Å². The van der Waals surface area contributed by atoms with E-state index in [2.05, 4.69) is 9.72 Å². The first-order valence-corrected chi connectivity index (χ1v) is 6.30. The van der Waals surface area contributed by atoms with E-state index < -0.39 is 0 Å². The van der Waals surface area contributed by atoms with Crippen LogP contribution in [0.2, 0.25) is 0 Å². The number of aryl methyl sites for hydroxylation is 1. The summed E-state index contributed by atoms with van der Waals surface area (Å²) < 4.78 is 4.66. The first-order valence-electron chi connectivity index (χ1n) is 5.48. The van der Waals surface area contributed by atoms with Crippen molar-refractivity contribution >= 4 is 17.7 Å². The van der Waals surface area contributed by atoms with Crippen LogP contribution < -0.4 is 0 Å². The maximum absolute atomic E-state index is 11.4. The number of carbonyl (C=O) groups is 1. The molecule has 0 spiro atoms. The second-order valence-electron chi connectivity index (χ2n) is 3.75. The summed E-state index contributed by atoms with van der Waals surface area (Å²) in [5.41, 5.74) is 1.44. The number of hydrogen-bond donors (Lipinski definition) is 0. The van der Waals surface area contributed by atoms with Crippen molar-refractivity contribution in [1.82, 2.24) is 4.98 Å². The van der Waals surface area contributed by atoms with Gasteiger partial charge in [-0.1, -0.05) is 30.0 Å². The third-order valence-corrected chi connectivity index (χ3v) is 3.54. The van der Waals surface area contributed by atoms with E-state index in [0.29, 0.717) is 5.56 Å². The lowest BCUT2D eigenvalue weighted by molar-refractivity contribution is 0.0600. The van der Waals surface area contributed by atoms with Crippen LogP contribution in [0.15, 0.2) is 52.5 Å². The van der Waals surface area contributed by atoms with Gasteiger partial charge < -0.3 is 4.74 Å². The van der Waals surface area contributed by atoms with Crippen LogP contribution in [0.1, 0.15) is 15.9 Å². The zero-order valence-electron chi connectivity index (χ0n) is 10.2. The number of nitrogens with zero attached hydrogens (tertiary/aromatic N) is 1. The molecular weight excluding hydrogens is 246 g/mol. The molecule has 0 atom stereocenters. The number of aromatic nitrogens is 1. The first kappa shape index (κ1) is 12.6. The molecule has 1 heterocycles. The maximum atomic E-state index is 11.4. The molecule has 2 aromatic rings. The summed E-state index contributed by atoms with van der Waals surface area (Å²) in [6.07, 6.45) is 1.55. The molecule has 0 saturated heterocycles. The number of methoxy groups -OCH3 is 1. The lowest BCUT2D eigenvalue weighted by Gasteiger charge is -2.06. The second-order valence-corrected chi connectivity index (χ2v) is 4.81. The summed E-state index contributed by atoms with van der Waals surface area (Å²) in [4.78, 5) is 16.8. The Balaban J connectivity index is 2.23. The van der Waals surface area contributed by atoms with Gasteiger partial charge in [-0.15, -0.1) is 0 Å². The van der Waals surface area contributed by atoms with E-state index in [4.69, 9.17) is 0 Å². The predicted molar refractivity (Wildman–Crippen MR) is 70.9 cm³/mol. The minimum Gasteiger partial charge on any atom is -0.465 e. The zero-order valence-corrected chi connectivity index (χ0v) is 11.0. The Labute approximate surface area is 110 Å². The molecule has 0 aliphatic heterocycles. The maximum Gasteiger partial charge on any atom is 0.339 e. The fourth-order valence-electron chi connectivity index (χ4n) is 1.50. The molecule has 0 bridgehead atoms.